The summed E-state index contributed by atoms with van der Waals surface area (Å²) in [4.78, 5) is 0. The normalized spacial score (nSPS) is 21.2. The highest BCUT2D eigenvalue weighted by Gasteiger charge is 2.30. The molecule has 0 saturated heterocycles. The molecule has 0 aliphatic heterocycles. The minimum absolute atomic E-state index is 0.217. The number of ether oxygens (including phenoxy) is 1. The molecule has 0 bridgehead atoms. The number of hydrogen-bond acceptors (Lipinski definition) is 1. The minimum atomic E-state index is -4.66. The van der Waals surface area contributed by atoms with Crippen LogP contribution in [-0.4, -0.2) is 6.36 Å². The lowest BCUT2D eigenvalue weighted by molar-refractivity contribution is -0.274. The first kappa shape index (κ1) is 17.5. The Morgan fingerprint density at radius 1 is 1.13 bits per heavy atom. The Labute approximate surface area is 135 Å². The van der Waals surface area contributed by atoms with Crippen molar-refractivity contribution in [1.82, 2.24) is 0 Å². The molecule has 124 valence electrons. The van der Waals surface area contributed by atoms with E-state index in [4.69, 9.17) is 0 Å². The second-order valence-corrected chi connectivity index (χ2v) is 5.93. The maximum atomic E-state index is 12.1. The molecule has 1 aliphatic rings. The standard InChI is InChI=1S/C19H21F3O/c1-2-3-4-15-5-7-16(8-6-15)9-10-17-11-13-18(14-12-17)23-19(20,21)22/h2,11-16H,1,3-8H2/t15-,16-. The van der Waals surface area contributed by atoms with Crippen molar-refractivity contribution in [3.63, 3.8) is 0 Å². The van der Waals surface area contributed by atoms with E-state index >= 15 is 0 Å². The number of rotatable bonds is 4. The van der Waals surface area contributed by atoms with E-state index in [1.807, 2.05) is 6.08 Å². The lowest BCUT2D eigenvalue weighted by Gasteiger charge is -2.25. The third kappa shape index (κ3) is 6.40. The van der Waals surface area contributed by atoms with Gasteiger partial charge in [0.05, 0.1) is 0 Å². The molecule has 0 atom stereocenters. The van der Waals surface area contributed by atoms with E-state index in [0.717, 1.165) is 25.2 Å². The highest BCUT2D eigenvalue weighted by molar-refractivity contribution is 5.38. The molecule has 1 aromatic carbocycles. The van der Waals surface area contributed by atoms with E-state index in [2.05, 4.69) is 23.2 Å². The van der Waals surface area contributed by atoms with Gasteiger partial charge >= 0.3 is 6.36 Å². The van der Waals surface area contributed by atoms with Gasteiger partial charge in [-0.2, -0.15) is 0 Å². The first-order valence-corrected chi connectivity index (χ1v) is 7.94. The van der Waals surface area contributed by atoms with E-state index in [1.54, 1.807) is 12.1 Å². The molecule has 1 fully saturated rings. The van der Waals surface area contributed by atoms with Gasteiger partial charge in [-0.25, -0.2) is 0 Å². The molecular weight excluding hydrogens is 301 g/mol. The van der Waals surface area contributed by atoms with E-state index in [1.165, 1.54) is 31.4 Å². The van der Waals surface area contributed by atoms with Crippen molar-refractivity contribution >= 4 is 0 Å². The Morgan fingerprint density at radius 2 is 1.78 bits per heavy atom. The predicted octanol–water partition coefficient (Wildman–Crippen LogP) is 5.71. The zero-order valence-corrected chi connectivity index (χ0v) is 13.0. The summed E-state index contributed by atoms with van der Waals surface area (Å²) in [7, 11) is 0. The van der Waals surface area contributed by atoms with Gasteiger partial charge in [-0.15, -0.1) is 19.8 Å². The lowest BCUT2D eigenvalue weighted by Crippen LogP contribution is -2.16. The fourth-order valence-electron chi connectivity index (χ4n) is 2.87. The van der Waals surface area contributed by atoms with Crippen molar-refractivity contribution in [2.24, 2.45) is 11.8 Å². The van der Waals surface area contributed by atoms with Crippen LogP contribution in [0.5, 0.6) is 5.75 Å². The monoisotopic (exact) mass is 322 g/mol. The number of alkyl halides is 3. The van der Waals surface area contributed by atoms with Crippen LogP contribution < -0.4 is 4.74 Å². The Bertz CT molecular complexity index is 555. The first-order valence-electron chi connectivity index (χ1n) is 7.94. The molecule has 1 saturated carbocycles. The Hall–Kier alpha value is -1.89. The average molecular weight is 322 g/mol. The average Bonchev–Trinajstić information content (AvgIpc) is 2.52. The van der Waals surface area contributed by atoms with Gasteiger partial charge in [-0.1, -0.05) is 17.9 Å². The van der Waals surface area contributed by atoms with E-state index < -0.39 is 6.36 Å². The molecule has 0 heterocycles. The molecule has 23 heavy (non-hydrogen) atoms. The summed E-state index contributed by atoms with van der Waals surface area (Å²) in [5.41, 5.74) is 0.716. The van der Waals surface area contributed by atoms with Crippen molar-refractivity contribution < 1.29 is 17.9 Å². The molecule has 1 aliphatic carbocycles. The SMILES string of the molecule is C=CCC[C@H]1CC[C@H](C#Cc2ccc(OC(F)(F)F)cc2)CC1. The van der Waals surface area contributed by atoms with E-state index in [-0.39, 0.29) is 5.75 Å². The van der Waals surface area contributed by atoms with Crippen molar-refractivity contribution in [3.05, 3.63) is 42.5 Å². The van der Waals surface area contributed by atoms with Gasteiger partial charge in [0.25, 0.3) is 0 Å². The van der Waals surface area contributed by atoms with Crippen LogP contribution in [0.4, 0.5) is 13.2 Å². The quantitative estimate of drug-likeness (QED) is 0.509. The van der Waals surface area contributed by atoms with Gasteiger partial charge in [-0.3, -0.25) is 0 Å². The molecular formula is C19H21F3O. The Balaban J connectivity index is 1.84. The van der Waals surface area contributed by atoms with Crippen LogP contribution >= 0.6 is 0 Å². The fraction of sp³-hybridized carbons (Fsp3) is 0.474. The second kappa shape index (κ2) is 8.10. The topological polar surface area (TPSA) is 9.23 Å². The summed E-state index contributed by atoms with van der Waals surface area (Å²) in [6, 6.07) is 5.71. The summed E-state index contributed by atoms with van der Waals surface area (Å²) in [6.45, 7) is 3.76. The van der Waals surface area contributed by atoms with Crippen LogP contribution in [0.15, 0.2) is 36.9 Å². The summed E-state index contributed by atoms with van der Waals surface area (Å²) in [5, 5.41) is 0. The summed E-state index contributed by atoms with van der Waals surface area (Å²) in [5.74, 6) is 7.26. The molecule has 1 nitrogen and oxygen atoms in total. The van der Waals surface area contributed by atoms with E-state index in [9.17, 15) is 13.2 Å². The highest BCUT2D eigenvalue weighted by atomic mass is 19.4. The molecule has 2 rings (SSSR count). The van der Waals surface area contributed by atoms with Crippen LogP contribution in [0.3, 0.4) is 0 Å². The minimum Gasteiger partial charge on any atom is -0.406 e. The van der Waals surface area contributed by atoms with Crippen LogP contribution in [0.1, 0.15) is 44.1 Å². The van der Waals surface area contributed by atoms with Gasteiger partial charge in [0, 0.05) is 11.5 Å². The van der Waals surface area contributed by atoms with E-state index in [0.29, 0.717) is 11.5 Å². The number of allylic oxidation sites excluding steroid dienone is 1. The van der Waals surface area contributed by atoms with Crippen molar-refractivity contribution in [3.8, 4) is 17.6 Å². The zero-order chi connectivity index (χ0) is 16.7. The Morgan fingerprint density at radius 3 is 2.35 bits per heavy atom. The number of hydrogen-bond donors (Lipinski definition) is 0. The maximum absolute atomic E-state index is 12.1. The largest absolute Gasteiger partial charge is 0.573 e. The number of halogens is 3. The summed E-state index contributed by atoms with van der Waals surface area (Å²) >= 11 is 0. The molecule has 0 radical (unpaired) electrons. The predicted molar refractivity (Wildman–Crippen MR) is 84.9 cm³/mol. The van der Waals surface area contributed by atoms with Crippen molar-refractivity contribution in [1.29, 1.82) is 0 Å². The van der Waals surface area contributed by atoms with Crippen molar-refractivity contribution in [2.45, 2.75) is 44.9 Å². The third-order valence-corrected chi connectivity index (χ3v) is 4.13. The third-order valence-electron chi connectivity index (χ3n) is 4.13. The van der Waals surface area contributed by atoms with Gasteiger partial charge < -0.3 is 4.74 Å². The summed E-state index contributed by atoms with van der Waals surface area (Å²) < 4.78 is 40.1. The molecule has 4 heteroatoms. The van der Waals surface area contributed by atoms with Gasteiger partial charge in [0.15, 0.2) is 0 Å². The van der Waals surface area contributed by atoms with Crippen LogP contribution in [-0.2, 0) is 0 Å². The van der Waals surface area contributed by atoms with Gasteiger partial charge in [-0.05, 0) is 68.7 Å². The molecule has 0 aromatic heterocycles. The van der Waals surface area contributed by atoms with Crippen LogP contribution in [0, 0.1) is 23.7 Å². The fourth-order valence-corrected chi connectivity index (χ4v) is 2.87. The van der Waals surface area contributed by atoms with Crippen LogP contribution in [0.25, 0.3) is 0 Å². The first-order chi connectivity index (χ1) is 11.0. The molecule has 0 N–H and O–H groups in total. The van der Waals surface area contributed by atoms with Gasteiger partial charge in [0.1, 0.15) is 5.75 Å². The number of benzene rings is 1. The lowest BCUT2D eigenvalue weighted by atomic mass is 9.80. The maximum Gasteiger partial charge on any atom is 0.573 e. The highest BCUT2D eigenvalue weighted by Crippen LogP contribution is 2.31. The zero-order valence-electron chi connectivity index (χ0n) is 13.0. The molecule has 1 aromatic rings. The van der Waals surface area contributed by atoms with Gasteiger partial charge in [0.2, 0.25) is 0 Å². The second-order valence-electron chi connectivity index (χ2n) is 5.93. The van der Waals surface area contributed by atoms with Crippen LogP contribution in [0.2, 0.25) is 0 Å². The molecule has 0 spiro atoms. The smallest absolute Gasteiger partial charge is 0.406 e. The van der Waals surface area contributed by atoms with Crippen molar-refractivity contribution in [2.75, 3.05) is 0 Å². The summed E-state index contributed by atoms with van der Waals surface area (Å²) in [6.07, 6.45) is 4.21. The molecule has 0 unspecified atom stereocenters. The Kier molecular flexibility index (Phi) is 6.15. The molecule has 0 amide bonds.